The van der Waals surface area contributed by atoms with E-state index in [0.717, 1.165) is 48.5 Å². The first-order valence-corrected chi connectivity index (χ1v) is 12.9. The average molecular weight is 459 g/mol. The number of aliphatic hydroxyl groups is 1. The summed E-state index contributed by atoms with van der Waals surface area (Å²) in [6, 6.07) is 11.6. The summed E-state index contributed by atoms with van der Waals surface area (Å²) in [5.74, 6) is 1.52. The van der Waals surface area contributed by atoms with E-state index < -0.39 is 11.0 Å². The number of nitrogens with zero attached hydrogens (tertiary/aromatic N) is 2. The molecule has 3 aliphatic heterocycles. The van der Waals surface area contributed by atoms with Gasteiger partial charge in [-0.25, -0.2) is 0 Å². The second-order valence-corrected chi connectivity index (χ2v) is 11.5. The molecule has 2 unspecified atom stereocenters. The van der Waals surface area contributed by atoms with Crippen LogP contribution in [0.3, 0.4) is 0 Å². The molecule has 2 aromatic rings. The third-order valence-electron chi connectivity index (χ3n) is 9.98. The monoisotopic (exact) mass is 458 g/mol. The number of benzene rings is 2. The van der Waals surface area contributed by atoms with Gasteiger partial charge in [0, 0.05) is 30.3 Å². The molecule has 5 atom stereocenters. The highest BCUT2D eigenvalue weighted by molar-refractivity contribution is 5.98. The number of hydrogen-bond donors (Lipinski definition) is 2. The highest BCUT2D eigenvalue weighted by Gasteiger charge is 2.73. The van der Waals surface area contributed by atoms with Gasteiger partial charge in [-0.1, -0.05) is 24.3 Å². The van der Waals surface area contributed by atoms with Crippen molar-refractivity contribution in [1.82, 2.24) is 9.80 Å². The molecule has 2 bridgehead atoms. The number of aromatic hydroxyl groups is 1. The van der Waals surface area contributed by atoms with Gasteiger partial charge < -0.3 is 19.8 Å². The summed E-state index contributed by atoms with van der Waals surface area (Å²) in [7, 11) is 0. The number of amides is 1. The van der Waals surface area contributed by atoms with Gasteiger partial charge >= 0.3 is 0 Å². The summed E-state index contributed by atoms with van der Waals surface area (Å²) in [4.78, 5) is 18.0. The lowest BCUT2D eigenvalue weighted by Gasteiger charge is -2.64. The van der Waals surface area contributed by atoms with E-state index in [1.165, 1.54) is 18.4 Å². The van der Waals surface area contributed by atoms with Gasteiger partial charge in [-0.15, -0.1) is 0 Å². The third kappa shape index (κ3) is 2.22. The van der Waals surface area contributed by atoms with Crippen molar-refractivity contribution in [1.29, 1.82) is 0 Å². The normalized spacial score (nSPS) is 37.4. The van der Waals surface area contributed by atoms with Crippen molar-refractivity contribution >= 4 is 5.91 Å². The fourth-order valence-electron chi connectivity index (χ4n) is 8.32. The summed E-state index contributed by atoms with van der Waals surface area (Å²) >= 11 is 0. The predicted octanol–water partition coefficient (Wildman–Crippen LogP) is 2.98. The Morgan fingerprint density at radius 2 is 1.91 bits per heavy atom. The average Bonchev–Trinajstić information content (AvgIpc) is 3.49. The van der Waals surface area contributed by atoms with Gasteiger partial charge in [0.05, 0.1) is 17.1 Å². The van der Waals surface area contributed by atoms with Gasteiger partial charge in [0.1, 0.15) is 6.10 Å². The van der Waals surface area contributed by atoms with Gasteiger partial charge in [0.25, 0.3) is 5.91 Å². The zero-order valence-corrected chi connectivity index (χ0v) is 19.2. The molecule has 1 spiro atoms. The van der Waals surface area contributed by atoms with E-state index in [9.17, 15) is 15.0 Å². The van der Waals surface area contributed by atoms with Crippen molar-refractivity contribution in [2.75, 3.05) is 13.1 Å². The molecule has 2 saturated carbocycles. The molecular weight excluding hydrogens is 428 g/mol. The standard InChI is InChI=1S/C28H30N2O4/c31-21-8-7-17-13-22-28(33)10-9-20(30-15-18-3-1-2-4-19(18)26(30)32)25-27(28,23(17)24(21)34-25)11-12-29(22)14-16-5-6-16/h1-4,7-8,16,20,22,25,31,33H,5-6,9-15H2/t20?,22-,25?,27+,28-/m1/s1. The zero-order valence-electron chi connectivity index (χ0n) is 19.2. The lowest BCUT2D eigenvalue weighted by molar-refractivity contribution is -0.198. The van der Waals surface area contributed by atoms with E-state index in [-0.39, 0.29) is 29.8 Å². The number of carbonyl (C=O) groups excluding carboxylic acids is 1. The Bertz CT molecular complexity index is 1240. The van der Waals surface area contributed by atoms with Crippen LogP contribution in [0.25, 0.3) is 0 Å². The van der Waals surface area contributed by atoms with Crippen molar-refractivity contribution in [2.24, 2.45) is 5.92 Å². The maximum absolute atomic E-state index is 13.5. The number of ether oxygens (including phenoxy) is 1. The second kappa shape index (κ2) is 6.35. The Morgan fingerprint density at radius 1 is 1.06 bits per heavy atom. The fraction of sp³-hybridized carbons (Fsp3) is 0.536. The first kappa shape index (κ1) is 19.7. The van der Waals surface area contributed by atoms with Crippen molar-refractivity contribution < 1.29 is 19.7 Å². The predicted molar refractivity (Wildman–Crippen MR) is 125 cm³/mol. The number of hydrogen-bond acceptors (Lipinski definition) is 5. The summed E-state index contributed by atoms with van der Waals surface area (Å²) in [5, 5.41) is 23.4. The van der Waals surface area contributed by atoms with Crippen LogP contribution in [-0.4, -0.2) is 62.8 Å². The molecule has 2 N–H and O–H groups in total. The number of piperidine rings is 1. The molecule has 176 valence electrons. The highest BCUT2D eigenvalue weighted by atomic mass is 16.5. The third-order valence-corrected chi connectivity index (χ3v) is 9.98. The van der Waals surface area contributed by atoms with Crippen LogP contribution in [0.2, 0.25) is 0 Å². The van der Waals surface area contributed by atoms with E-state index in [0.29, 0.717) is 25.1 Å². The topological polar surface area (TPSA) is 73.2 Å². The number of phenols is 1. The van der Waals surface area contributed by atoms with E-state index >= 15 is 0 Å². The van der Waals surface area contributed by atoms with Crippen LogP contribution in [0.1, 0.15) is 59.2 Å². The lowest BCUT2D eigenvalue weighted by Crippen LogP contribution is -2.78. The van der Waals surface area contributed by atoms with Crippen LogP contribution in [-0.2, 0) is 18.4 Å². The van der Waals surface area contributed by atoms with E-state index in [1.807, 2.05) is 35.2 Å². The quantitative estimate of drug-likeness (QED) is 0.740. The number of rotatable bonds is 3. The van der Waals surface area contributed by atoms with Crippen molar-refractivity contribution in [3.05, 3.63) is 58.7 Å². The fourth-order valence-corrected chi connectivity index (χ4v) is 8.32. The first-order valence-electron chi connectivity index (χ1n) is 12.9. The van der Waals surface area contributed by atoms with E-state index in [4.69, 9.17) is 4.74 Å². The molecule has 2 aromatic carbocycles. The molecule has 6 heteroatoms. The lowest BCUT2D eigenvalue weighted by atomic mass is 9.48. The maximum Gasteiger partial charge on any atom is 0.254 e. The zero-order chi connectivity index (χ0) is 22.8. The highest BCUT2D eigenvalue weighted by Crippen LogP contribution is 2.66. The van der Waals surface area contributed by atoms with Crippen LogP contribution >= 0.6 is 0 Å². The molecule has 3 aliphatic carbocycles. The van der Waals surface area contributed by atoms with Gasteiger partial charge in [0.15, 0.2) is 11.5 Å². The molecule has 1 amide bonds. The van der Waals surface area contributed by atoms with Crippen molar-refractivity contribution in [3.8, 4) is 11.5 Å². The molecule has 6 aliphatic rings. The van der Waals surface area contributed by atoms with Crippen LogP contribution < -0.4 is 4.74 Å². The minimum Gasteiger partial charge on any atom is -0.504 e. The molecule has 0 aromatic heterocycles. The second-order valence-electron chi connectivity index (χ2n) is 11.5. The van der Waals surface area contributed by atoms with Gasteiger partial charge in [-0.3, -0.25) is 9.69 Å². The van der Waals surface area contributed by atoms with Crippen LogP contribution in [0.5, 0.6) is 11.5 Å². The Balaban J connectivity index is 1.26. The van der Waals surface area contributed by atoms with E-state index in [2.05, 4.69) is 4.90 Å². The first-order chi connectivity index (χ1) is 16.5. The van der Waals surface area contributed by atoms with Gasteiger partial charge in [-0.2, -0.15) is 0 Å². The van der Waals surface area contributed by atoms with Crippen LogP contribution in [0.15, 0.2) is 36.4 Å². The Kier molecular flexibility index (Phi) is 3.68. The Hall–Kier alpha value is -2.57. The summed E-state index contributed by atoms with van der Waals surface area (Å²) in [6.45, 7) is 2.58. The number of likely N-dealkylation sites (tertiary alicyclic amines) is 1. The molecule has 1 saturated heterocycles. The summed E-state index contributed by atoms with van der Waals surface area (Å²) < 4.78 is 6.65. The molecular formula is C28H30N2O4. The molecule has 34 heavy (non-hydrogen) atoms. The van der Waals surface area contributed by atoms with Crippen LogP contribution in [0, 0.1) is 5.92 Å². The number of phenolic OH excluding ortho intramolecular Hbond substituents is 1. The molecule has 0 radical (unpaired) electrons. The summed E-state index contributed by atoms with van der Waals surface area (Å²) in [5.41, 5.74) is 2.56. The minimum absolute atomic E-state index is 0.0587. The molecule has 3 heterocycles. The largest absolute Gasteiger partial charge is 0.504 e. The minimum atomic E-state index is -0.914. The number of carbonyl (C=O) groups is 1. The Labute approximate surface area is 199 Å². The SMILES string of the molecule is O=C1c2ccccc2CN1C1CC[C@@]2(O)[C@H]3Cc4ccc(O)c5c4[C@@]2(CCN3CC2CC2)C1O5. The van der Waals surface area contributed by atoms with Crippen LogP contribution in [0.4, 0.5) is 0 Å². The smallest absolute Gasteiger partial charge is 0.254 e. The van der Waals surface area contributed by atoms with Gasteiger partial charge in [-0.05, 0) is 74.2 Å². The molecule has 8 rings (SSSR count). The van der Waals surface area contributed by atoms with Crippen molar-refractivity contribution in [2.45, 2.75) is 74.3 Å². The molecule has 3 fully saturated rings. The van der Waals surface area contributed by atoms with E-state index in [1.54, 1.807) is 6.07 Å². The maximum atomic E-state index is 13.5. The van der Waals surface area contributed by atoms with Crippen molar-refractivity contribution in [3.63, 3.8) is 0 Å². The van der Waals surface area contributed by atoms with Gasteiger partial charge in [0.2, 0.25) is 0 Å². The Morgan fingerprint density at radius 3 is 2.74 bits per heavy atom. The number of fused-ring (bicyclic) bond motifs is 1. The summed E-state index contributed by atoms with van der Waals surface area (Å²) in [6.07, 6.45) is 5.20. The molecule has 6 nitrogen and oxygen atoms in total.